The summed E-state index contributed by atoms with van der Waals surface area (Å²) in [6.07, 6.45) is 1.66. The highest BCUT2D eigenvalue weighted by atomic mass is 32.2. The van der Waals surface area contributed by atoms with Crippen molar-refractivity contribution in [3.05, 3.63) is 113 Å². The maximum atomic E-state index is 13.5. The lowest BCUT2D eigenvalue weighted by atomic mass is 10.0. The van der Waals surface area contributed by atoms with Crippen molar-refractivity contribution < 1.29 is 4.79 Å². The first-order valence-electron chi connectivity index (χ1n) is 11.6. The first-order chi connectivity index (χ1) is 17.5. The third-order valence-electron chi connectivity index (χ3n) is 5.80. The molecule has 1 amide bonds. The predicted molar refractivity (Wildman–Crippen MR) is 146 cm³/mol. The van der Waals surface area contributed by atoms with Gasteiger partial charge in [-0.1, -0.05) is 72.4 Å². The predicted octanol–water partition coefficient (Wildman–Crippen LogP) is 5.88. The number of aryl methyl sites for hydroxylation is 1. The third-order valence-corrected chi connectivity index (χ3v) is 6.85. The fraction of sp³-hybridized carbons (Fsp3) is 0.103. The van der Waals surface area contributed by atoms with Gasteiger partial charge >= 0.3 is 0 Å². The van der Waals surface area contributed by atoms with Crippen LogP contribution in [0.5, 0.6) is 0 Å². The van der Waals surface area contributed by atoms with Crippen molar-refractivity contribution in [2.75, 3.05) is 5.32 Å². The van der Waals surface area contributed by atoms with Crippen LogP contribution in [0.25, 0.3) is 27.8 Å². The van der Waals surface area contributed by atoms with E-state index in [2.05, 4.69) is 10.3 Å². The van der Waals surface area contributed by atoms with Crippen molar-refractivity contribution in [1.82, 2.24) is 14.5 Å². The summed E-state index contributed by atoms with van der Waals surface area (Å²) in [5.74, 6) is 0.289. The molecule has 5 aromatic rings. The largest absolute Gasteiger partial charge is 0.325 e. The maximum absolute atomic E-state index is 13.5. The second-order valence-corrected chi connectivity index (χ2v) is 9.71. The Morgan fingerprint density at radius 1 is 0.944 bits per heavy atom. The van der Waals surface area contributed by atoms with Crippen LogP contribution >= 0.6 is 11.8 Å². The molecule has 7 heteroatoms. The van der Waals surface area contributed by atoms with Gasteiger partial charge in [0, 0.05) is 17.4 Å². The quantitative estimate of drug-likeness (QED) is 0.237. The van der Waals surface area contributed by atoms with Crippen LogP contribution in [0.1, 0.15) is 12.5 Å². The van der Waals surface area contributed by atoms with Crippen LogP contribution in [0.3, 0.4) is 0 Å². The topological polar surface area (TPSA) is 76.9 Å². The fourth-order valence-corrected chi connectivity index (χ4v) is 4.86. The molecular formula is C29H24N4O2S. The number of carbonyl (C=O) groups excluding carboxylic acids is 1. The van der Waals surface area contributed by atoms with Crippen LogP contribution in [-0.2, 0) is 4.79 Å². The number of benzene rings is 3. The highest BCUT2D eigenvalue weighted by Gasteiger charge is 2.21. The molecule has 2 heterocycles. The molecule has 2 aromatic heterocycles. The molecule has 0 aliphatic heterocycles. The highest BCUT2D eigenvalue weighted by Crippen LogP contribution is 2.30. The van der Waals surface area contributed by atoms with Crippen LogP contribution in [0.2, 0.25) is 0 Å². The van der Waals surface area contributed by atoms with Crippen LogP contribution < -0.4 is 10.9 Å². The molecule has 0 bridgehead atoms. The van der Waals surface area contributed by atoms with Crippen LogP contribution in [0, 0.1) is 6.92 Å². The SMILES string of the molecule is Cc1ccnc(-n2c(SC(C)C(=O)Nc3ccccc3-c3ccccc3)nc3ccccc3c2=O)c1. The van der Waals surface area contributed by atoms with Gasteiger partial charge in [-0.15, -0.1) is 0 Å². The van der Waals surface area contributed by atoms with Gasteiger partial charge in [-0.05, 0) is 55.3 Å². The number of aromatic nitrogens is 3. The second kappa shape index (κ2) is 10.2. The molecule has 3 aromatic carbocycles. The molecule has 0 aliphatic rings. The number of rotatable bonds is 6. The average molecular weight is 493 g/mol. The zero-order valence-corrected chi connectivity index (χ0v) is 20.7. The van der Waals surface area contributed by atoms with Gasteiger partial charge in [-0.3, -0.25) is 9.59 Å². The lowest BCUT2D eigenvalue weighted by Gasteiger charge is -2.17. The van der Waals surface area contributed by atoms with E-state index in [0.717, 1.165) is 22.4 Å². The van der Waals surface area contributed by atoms with E-state index in [4.69, 9.17) is 4.98 Å². The molecule has 1 unspecified atom stereocenters. The molecular weight excluding hydrogens is 468 g/mol. The summed E-state index contributed by atoms with van der Waals surface area (Å²) in [4.78, 5) is 35.9. The molecule has 0 radical (unpaired) electrons. The monoisotopic (exact) mass is 492 g/mol. The highest BCUT2D eigenvalue weighted by molar-refractivity contribution is 8.00. The number of hydrogen-bond donors (Lipinski definition) is 1. The van der Waals surface area contributed by atoms with Gasteiger partial charge in [0.25, 0.3) is 5.56 Å². The van der Waals surface area contributed by atoms with Crippen LogP contribution in [0.15, 0.2) is 107 Å². The normalized spacial score (nSPS) is 11.8. The Kier molecular flexibility index (Phi) is 6.64. The number of anilines is 1. The molecule has 1 N–H and O–H groups in total. The van der Waals surface area contributed by atoms with Gasteiger partial charge in [-0.2, -0.15) is 0 Å². The smallest absolute Gasteiger partial charge is 0.267 e. The second-order valence-electron chi connectivity index (χ2n) is 8.40. The van der Waals surface area contributed by atoms with E-state index in [1.54, 1.807) is 25.3 Å². The Balaban J connectivity index is 1.49. The minimum Gasteiger partial charge on any atom is -0.325 e. The molecule has 0 spiro atoms. The van der Waals surface area contributed by atoms with E-state index in [1.807, 2.05) is 85.8 Å². The number of para-hydroxylation sites is 2. The van der Waals surface area contributed by atoms with Gasteiger partial charge in [0.1, 0.15) is 5.82 Å². The molecule has 5 rings (SSSR count). The first-order valence-corrected chi connectivity index (χ1v) is 12.5. The van der Waals surface area contributed by atoms with Gasteiger partial charge < -0.3 is 5.32 Å². The van der Waals surface area contributed by atoms with E-state index < -0.39 is 5.25 Å². The summed E-state index contributed by atoms with van der Waals surface area (Å²) >= 11 is 1.23. The summed E-state index contributed by atoms with van der Waals surface area (Å²) < 4.78 is 1.49. The number of pyridine rings is 1. The lowest BCUT2D eigenvalue weighted by Crippen LogP contribution is -2.26. The Bertz CT molecular complexity index is 1620. The standard InChI is InChI=1S/C29H24N4O2S/c1-19-16-17-30-26(18-19)33-28(35)23-13-7-9-15-25(23)32-29(33)36-20(2)27(34)31-24-14-8-6-12-22(24)21-10-4-3-5-11-21/h3-18,20H,1-2H3,(H,31,34). The zero-order valence-electron chi connectivity index (χ0n) is 19.9. The molecule has 0 aliphatic carbocycles. The number of amides is 1. The number of nitrogens with zero attached hydrogens (tertiary/aromatic N) is 3. The maximum Gasteiger partial charge on any atom is 0.267 e. The Morgan fingerprint density at radius 3 is 2.47 bits per heavy atom. The summed E-state index contributed by atoms with van der Waals surface area (Å²) in [7, 11) is 0. The van der Waals surface area contributed by atoms with Crippen molar-refractivity contribution in [2.45, 2.75) is 24.3 Å². The van der Waals surface area contributed by atoms with E-state index in [0.29, 0.717) is 21.9 Å². The lowest BCUT2D eigenvalue weighted by molar-refractivity contribution is -0.115. The van der Waals surface area contributed by atoms with Crippen LogP contribution in [-0.4, -0.2) is 25.7 Å². The summed E-state index contributed by atoms with van der Waals surface area (Å²) in [6, 6.07) is 28.5. The van der Waals surface area contributed by atoms with Gasteiger partial charge in [0.15, 0.2) is 5.16 Å². The Morgan fingerprint density at radius 2 is 1.67 bits per heavy atom. The van der Waals surface area contributed by atoms with E-state index >= 15 is 0 Å². The summed E-state index contributed by atoms with van der Waals surface area (Å²) in [5.41, 5.74) is 4.02. The van der Waals surface area contributed by atoms with Crippen molar-refractivity contribution in [2.24, 2.45) is 0 Å². The van der Waals surface area contributed by atoms with Crippen molar-refractivity contribution in [1.29, 1.82) is 0 Å². The van der Waals surface area contributed by atoms with E-state index in [-0.39, 0.29) is 11.5 Å². The summed E-state index contributed by atoms with van der Waals surface area (Å²) in [5, 5.41) is 3.44. The minimum atomic E-state index is -0.530. The number of fused-ring (bicyclic) bond motifs is 1. The van der Waals surface area contributed by atoms with Crippen molar-refractivity contribution in [3.63, 3.8) is 0 Å². The van der Waals surface area contributed by atoms with E-state index in [1.165, 1.54) is 16.3 Å². The van der Waals surface area contributed by atoms with Crippen LogP contribution in [0.4, 0.5) is 5.69 Å². The minimum absolute atomic E-state index is 0.186. The molecule has 178 valence electrons. The molecule has 1 atom stereocenters. The van der Waals surface area contributed by atoms with E-state index in [9.17, 15) is 9.59 Å². The summed E-state index contributed by atoms with van der Waals surface area (Å²) in [6.45, 7) is 3.75. The Labute approximate surface area is 213 Å². The number of hydrogen-bond acceptors (Lipinski definition) is 5. The average Bonchev–Trinajstić information content (AvgIpc) is 2.89. The van der Waals surface area contributed by atoms with Gasteiger partial charge in [-0.25, -0.2) is 14.5 Å². The number of thioether (sulfide) groups is 1. The Hall–Kier alpha value is -4.23. The van der Waals surface area contributed by atoms with Gasteiger partial charge in [0.05, 0.1) is 16.2 Å². The zero-order chi connectivity index (χ0) is 25.1. The number of nitrogens with one attached hydrogen (secondary N) is 1. The van der Waals surface area contributed by atoms with Crippen molar-refractivity contribution >= 4 is 34.3 Å². The molecule has 0 saturated carbocycles. The molecule has 0 saturated heterocycles. The third kappa shape index (κ3) is 4.78. The number of carbonyl (C=O) groups is 1. The van der Waals surface area contributed by atoms with Crippen molar-refractivity contribution in [3.8, 4) is 16.9 Å². The van der Waals surface area contributed by atoms with Gasteiger partial charge in [0.2, 0.25) is 5.91 Å². The fourth-order valence-electron chi connectivity index (χ4n) is 3.94. The first kappa shape index (κ1) is 23.5. The molecule has 36 heavy (non-hydrogen) atoms. The molecule has 0 fully saturated rings. The molecule has 6 nitrogen and oxygen atoms in total.